The number of anilines is 2. The second kappa shape index (κ2) is 19.8. The molecule has 5 aliphatic heterocycles. The first-order valence-corrected chi connectivity index (χ1v) is 24.4. The number of ether oxygens (including phenoxy) is 2. The van der Waals surface area contributed by atoms with Gasteiger partial charge in [0.05, 0.1) is 33.3 Å². The molecule has 1 aromatic heterocycles. The number of amides is 4. The number of carbonyl (C=O) groups excluding carboxylic acids is 4. The highest BCUT2D eigenvalue weighted by atomic mass is 35.5. The van der Waals surface area contributed by atoms with Crippen molar-refractivity contribution in [3.8, 4) is 17.6 Å². The lowest BCUT2D eigenvalue weighted by Gasteiger charge is -2.44. The Balaban J connectivity index is 0.714. The standard InChI is InChI=1S/C51H56Cl2N8O6/c1-51(2,36-27-34(30-54)46(43(53)28-36)66-26-18-52)35-3-6-40(7-4-35)67-31-37-11-19-55-50(56-37)60-24-16-38(17-25-60)58-20-12-32(13-21-58)33-14-22-59(23-15-33)39-5-8-41-42(29-39)49(65)61(48(41)64)44-9-10-45(62)57-47(44)63/h3-8,11,19,27-29,32-33,38,44H,9-10,12-18,20-26,31H2,1-2H3,(H,57,62,63). The van der Waals surface area contributed by atoms with Gasteiger partial charge in [-0.1, -0.05) is 37.6 Å². The molecule has 67 heavy (non-hydrogen) atoms. The van der Waals surface area contributed by atoms with Crippen LogP contribution >= 0.6 is 23.2 Å². The van der Waals surface area contributed by atoms with Gasteiger partial charge in [-0.2, -0.15) is 5.26 Å². The number of piperidine rings is 4. The summed E-state index contributed by atoms with van der Waals surface area (Å²) in [6, 6.07) is 20.8. The Labute approximate surface area is 401 Å². The molecule has 0 spiro atoms. The second-order valence-corrected chi connectivity index (χ2v) is 19.6. The van der Waals surface area contributed by atoms with E-state index in [9.17, 15) is 24.4 Å². The number of likely N-dealkylation sites (tertiary alicyclic amines) is 1. The fourth-order valence-corrected chi connectivity index (χ4v) is 11.1. The third-order valence-electron chi connectivity index (χ3n) is 14.7. The Hall–Kier alpha value is -5.75. The van der Waals surface area contributed by atoms with Crippen molar-refractivity contribution >= 4 is 58.5 Å². The number of benzene rings is 3. The minimum absolute atomic E-state index is 0.0997. The van der Waals surface area contributed by atoms with Gasteiger partial charge in [-0.15, -0.1) is 11.6 Å². The molecule has 5 aliphatic rings. The van der Waals surface area contributed by atoms with Crippen LogP contribution < -0.4 is 24.6 Å². The highest BCUT2D eigenvalue weighted by Gasteiger charge is 2.45. The van der Waals surface area contributed by atoms with Gasteiger partial charge in [-0.25, -0.2) is 9.97 Å². The van der Waals surface area contributed by atoms with E-state index in [1.807, 2.05) is 60.8 Å². The summed E-state index contributed by atoms with van der Waals surface area (Å²) in [7, 11) is 0. The Morgan fingerprint density at radius 1 is 0.791 bits per heavy atom. The maximum atomic E-state index is 13.4. The molecule has 16 heteroatoms. The smallest absolute Gasteiger partial charge is 0.262 e. The van der Waals surface area contributed by atoms with Crippen LogP contribution in [0.15, 0.2) is 66.9 Å². The van der Waals surface area contributed by atoms with E-state index in [1.165, 1.54) is 12.8 Å². The Bertz CT molecular complexity index is 2560. The van der Waals surface area contributed by atoms with Gasteiger partial charge in [0.1, 0.15) is 31.1 Å². The lowest BCUT2D eigenvalue weighted by Crippen LogP contribution is -2.54. The molecule has 0 bridgehead atoms. The first-order chi connectivity index (χ1) is 32.4. The van der Waals surface area contributed by atoms with Gasteiger partial charge in [0.25, 0.3) is 11.8 Å². The molecule has 4 aromatic rings. The zero-order chi connectivity index (χ0) is 46.8. The van der Waals surface area contributed by atoms with Crippen LogP contribution in [0.4, 0.5) is 11.6 Å². The molecule has 4 fully saturated rings. The molecule has 350 valence electrons. The monoisotopic (exact) mass is 946 g/mol. The van der Waals surface area contributed by atoms with Gasteiger partial charge in [-0.3, -0.25) is 29.4 Å². The van der Waals surface area contributed by atoms with Crippen LogP contribution in [0.5, 0.6) is 11.5 Å². The zero-order valence-electron chi connectivity index (χ0n) is 38.0. The first-order valence-electron chi connectivity index (χ1n) is 23.5. The SMILES string of the molecule is CC(C)(c1ccc(OCc2ccnc(N3CCC(N4CCC(C5CCN(c6ccc7c(c6)C(=O)N(C6CCC(=O)NC6=O)C7=O)CC5)CC4)CC3)n2)cc1)c1cc(Cl)c(OCCCl)c(C#N)c1. The summed E-state index contributed by atoms with van der Waals surface area (Å²) >= 11 is 12.4. The molecule has 6 heterocycles. The quantitative estimate of drug-likeness (QED) is 0.104. The van der Waals surface area contributed by atoms with Crippen LogP contribution in [0.1, 0.15) is 108 Å². The maximum absolute atomic E-state index is 13.4. The van der Waals surface area contributed by atoms with Crippen LogP contribution in [0.2, 0.25) is 5.02 Å². The lowest BCUT2D eigenvalue weighted by atomic mass is 9.77. The van der Waals surface area contributed by atoms with E-state index < -0.39 is 29.2 Å². The molecule has 14 nitrogen and oxygen atoms in total. The minimum Gasteiger partial charge on any atom is -0.489 e. The number of hydrogen-bond donors (Lipinski definition) is 1. The molecule has 1 atom stereocenters. The number of fused-ring (bicyclic) bond motifs is 1. The predicted octanol–water partition coefficient (Wildman–Crippen LogP) is 7.52. The van der Waals surface area contributed by atoms with Crippen molar-refractivity contribution in [1.82, 2.24) is 25.1 Å². The summed E-state index contributed by atoms with van der Waals surface area (Å²) in [5.41, 5.74) is 4.26. The van der Waals surface area contributed by atoms with E-state index in [-0.39, 0.29) is 25.4 Å². The predicted molar refractivity (Wildman–Crippen MR) is 255 cm³/mol. The number of halogens is 2. The van der Waals surface area contributed by atoms with Gasteiger partial charge < -0.3 is 24.2 Å². The minimum atomic E-state index is -0.963. The normalized spacial score (nSPS) is 20.2. The number of hydrogen-bond acceptors (Lipinski definition) is 12. The van der Waals surface area contributed by atoms with Crippen molar-refractivity contribution < 1.29 is 28.7 Å². The van der Waals surface area contributed by atoms with Gasteiger partial charge in [0, 0.05) is 55.9 Å². The van der Waals surface area contributed by atoms with Crippen LogP contribution in [0, 0.1) is 23.2 Å². The van der Waals surface area contributed by atoms with Gasteiger partial charge in [0.15, 0.2) is 5.75 Å². The second-order valence-electron chi connectivity index (χ2n) is 18.9. The van der Waals surface area contributed by atoms with Gasteiger partial charge >= 0.3 is 0 Å². The van der Waals surface area contributed by atoms with E-state index in [1.54, 1.807) is 6.07 Å². The summed E-state index contributed by atoms with van der Waals surface area (Å²) in [4.78, 5) is 68.6. The fraction of sp³-hybridized carbons (Fsp3) is 0.471. The fourth-order valence-electron chi connectivity index (χ4n) is 10.7. The molecule has 3 aromatic carbocycles. The number of carbonyl (C=O) groups is 4. The Morgan fingerprint density at radius 3 is 2.16 bits per heavy atom. The third kappa shape index (κ3) is 9.69. The molecule has 1 N–H and O–H groups in total. The highest BCUT2D eigenvalue weighted by molar-refractivity contribution is 6.32. The van der Waals surface area contributed by atoms with Crippen molar-refractivity contribution in [3.05, 3.63) is 105 Å². The number of nitrogens with zero attached hydrogens (tertiary/aromatic N) is 7. The van der Waals surface area contributed by atoms with E-state index in [0.717, 1.165) is 104 Å². The van der Waals surface area contributed by atoms with E-state index in [2.05, 4.69) is 44.9 Å². The molecular formula is C51H56Cl2N8O6. The van der Waals surface area contributed by atoms with E-state index >= 15 is 0 Å². The molecule has 4 saturated heterocycles. The molecular weight excluding hydrogens is 892 g/mol. The average molecular weight is 948 g/mol. The number of rotatable bonds is 13. The summed E-state index contributed by atoms with van der Waals surface area (Å²) in [5.74, 6) is 1.57. The molecule has 4 amide bonds. The number of alkyl halides is 1. The first kappa shape index (κ1) is 46.4. The molecule has 0 saturated carbocycles. The van der Waals surface area contributed by atoms with E-state index in [0.29, 0.717) is 57.8 Å². The number of imide groups is 2. The molecule has 0 radical (unpaired) electrons. The van der Waals surface area contributed by atoms with E-state index in [4.69, 9.17) is 37.7 Å². The van der Waals surface area contributed by atoms with Crippen LogP contribution in [-0.4, -0.2) is 107 Å². The van der Waals surface area contributed by atoms with Crippen molar-refractivity contribution in [1.29, 1.82) is 5.26 Å². The number of nitriles is 1. The van der Waals surface area contributed by atoms with Gasteiger partial charge in [-0.05, 0) is 130 Å². The van der Waals surface area contributed by atoms with Crippen molar-refractivity contribution in [2.45, 2.75) is 89.3 Å². The van der Waals surface area contributed by atoms with Crippen molar-refractivity contribution in [3.63, 3.8) is 0 Å². The van der Waals surface area contributed by atoms with Crippen LogP contribution in [-0.2, 0) is 21.6 Å². The summed E-state index contributed by atoms with van der Waals surface area (Å²) in [5, 5.41) is 12.4. The van der Waals surface area contributed by atoms with Crippen LogP contribution in [0.25, 0.3) is 0 Å². The largest absolute Gasteiger partial charge is 0.489 e. The highest BCUT2D eigenvalue weighted by Crippen LogP contribution is 2.40. The Kier molecular flexibility index (Phi) is 13.7. The van der Waals surface area contributed by atoms with Crippen molar-refractivity contribution in [2.24, 2.45) is 11.8 Å². The molecule has 1 unspecified atom stereocenters. The topological polar surface area (TPSA) is 161 Å². The van der Waals surface area contributed by atoms with Gasteiger partial charge in [0.2, 0.25) is 17.8 Å². The van der Waals surface area contributed by atoms with Crippen molar-refractivity contribution in [2.75, 3.05) is 61.6 Å². The summed E-state index contributed by atoms with van der Waals surface area (Å²) in [6.07, 6.45) is 8.81. The average Bonchev–Trinajstić information content (AvgIpc) is 3.60. The Morgan fingerprint density at radius 2 is 1.48 bits per heavy atom. The molecule has 0 aliphatic carbocycles. The summed E-state index contributed by atoms with van der Waals surface area (Å²) in [6.45, 7) is 10.6. The maximum Gasteiger partial charge on any atom is 0.262 e. The van der Waals surface area contributed by atoms with Crippen LogP contribution in [0.3, 0.4) is 0 Å². The third-order valence-corrected chi connectivity index (χ3v) is 15.1. The zero-order valence-corrected chi connectivity index (χ0v) is 39.5. The molecule has 9 rings (SSSR count). The number of aromatic nitrogens is 2. The lowest BCUT2D eigenvalue weighted by molar-refractivity contribution is -0.136. The number of nitrogens with one attached hydrogen (secondary N) is 1. The summed E-state index contributed by atoms with van der Waals surface area (Å²) < 4.78 is 11.8.